The Morgan fingerprint density at radius 3 is 1.85 bits per heavy atom. The molecule has 61 heavy (non-hydrogen) atoms. The van der Waals surface area contributed by atoms with Crippen molar-refractivity contribution in [3.05, 3.63) is 193 Å². The van der Waals surface area contributed by atoms with Crippen molar-refractivity contribution < 1.29 is 4.42 Å². The summed E-state index contributed by atoms with van der Waals surface area (Å²) in [6.07, 6.45) is 1.88. The molecule has 0 atom stereocenters. The molecule has 4 aromatic heterocycles. The van der Waals surface area contributed by atoms with Crippen molar-refractivity contribution in [2.45, 2.75) is 0 Å². The number of benzene rings is 9. The Kier molecular flexibility index (Phi) is 6.76. The first-order chi connectivity index (χ1) is 30.2. The maximum Gasteiger partial charge on any atom is 0.220 e. The number of hydrogen-bond donors (Lipinski definition) is 0. The molecule has 13 rings (SSSR count). The fourth-order valence-electron chi connectivity index (χ4n) is 10.2. The number of hydrogen-bond acceptors (Lipinski definition) is 3. The number of pyridine rings is 1. The summed E-state index contributed by atoms with van der Waals surface area (Å²) in [6.45, 7) is 9.16. The highest BCUT2D eigenvalue weighted by molar-refractivity contribution is 6.34. The molecular weight excluding hydrogens is 747 g/mol. The molecule has 0 fully saturated rings. The normalized spacial score (nSPS) is 11.9. The highest BCUT2D eigenvalue weighted by atomic mass is 16.3. The molecule has 0 saturated carbocycles. The van der Waals surface area contributed by atoms with E-state index < -0.39 is 0 Å². The second-order valence-corrected chi connectivity index (χ2v) is 15.6. The van der Waals surface area contributed by atoms with Crippen molar-refractivity contribution in [2.24, 2.45) is 0 Å². The molecule has 0 aliphatic heterocycles. The Balaban J connectivity index is 1.34. The Morgan fingerprint density at radius 2 is 1.11 bits per heavy atom. The van der Waals surface area contributed by atoms with Crippen LogP contribution in [0.2, 0.25) is 0 Å². The fourth-order valence-corrected chi connectivity index (χ4v) is 10.2. The number of para-hydroxylation sites is 2. The first kappa shape index (κ1) is 33.3. The molecule has 13 aromatic rings. The van der Waals surface area contributed by atoms with E-state index >= 15 is 0 Å². The van der Waals surface area contributed by atoms with E-state index in [1.165, 1.54) is 0 Å². The molecule has 0 aliphatic rings. The standard InChI is InChI=1S/C55H29N5O/c1-57-50-46(32-15-4-2-5-16-32)42(31-56)51(59-43-24-12-10-21-36(43)40-27-28-41-37-22-11-13-26-45(37)61-54(41)52(40)59)47(33-17-6-3-7-18-33)53(50)60-44-25-14-23-38-34-19-8-9-20-35(34)39-29-30-58-55(60)49(39)48(38)44/h2-30H. The quantitative estimate of drug-likeness (QED) is 0.132. The molecule has 9 aromatic carbocycles. The van der Waals surface area contributed by atoms with Gasteiger partial charge in [-0.05, 0) is 63.0 Å². The van der Waals surface area contributed by atoms with Crippen molar-refractivity contribution in [3.8, 4) is 39.7 Å². The van der Waals surface area contributed by atoms with Gasteiger partial charge in [0, 0.05) is 49.6 Å². The van der Waals surface area contributed by atoms with Crippen molar-refractivity contribution in [1.29, 1.82) is 5.26 Å². The summed E-state index contributed by atoms with van der Waals surface area (Å²) in [7, 11) is 0. The summed E-state index contributed by atoms with van der Waals surface area (Å²) < 4.78 is 11.3. The average molecular weight is 776 g/mol. The van der Waals surface area contributed by atoms with E-state index in [4.69, 9.17) is 16.0 Å². The Labute approximate surface area is 348 Å². The van der Waals surface area contributed by atoms with Crippen LogP contribution in [0.5, 0.6) is 0 Å². The molecular formula is C55H29N5O. The number of furan rings is 1. The highest BCUT2D eigenvalue weighted by Crippen LogP contribution is 2.53. The zero-order valence-electron chi connectivity index (χ0n) is 32.4. The molecule has 0 N–H and O–H groups in total. The number of fused-ring (bicyclic) bond motifs is 10. The van der Waals surface area contributed by atoms with Crippen molar-refractivity contribution in [3.63, 3.8) is 0 Å². The first-order valence-electron chi connectivity index (χ1n) is 20.2. The number of nitriles is 1. The van der Waals surface area contributed by atoms with Gasteiger partial charge in [-0.1, -0.05) is 140 Å². The molecule has 0 aliphatic carbocycles. The molecule has 0 amide bonds. The van der Waals surface area contributed by atoms with Gasteiger partial charge in [0.2, 0.25) is 5.69 Å². The molecule has 0 bridgehead atoms. The van der Waals surface area contributed by atoms with E-state index in [2.05, 4.69) is 117 Å². The van der Waals surface area contributed by atoms with Crippen LogP contribution in [-0.2, 0) is 0 Å². The third kappa shape index (κ3) is 4.35. The summed E-state index contributed by atoms with van der Waals surface area (Å²) in [6, 6.07) is 60.6. The van der Waals surface area contributed by atoms with Gasteiger partial charge in [-0.25, -0.2) is 9.83 Å². The number of aromatic nitrogens is 3. The van der Waals surface area contributed by atoms with Crippen LogP contribution in [0.4, 0.5) is 5.69 Å². The SMILES string of the molecule is [C-]#[N+]c1c(-c2ccccc2)c(C#N)c(-n2c3ccccc3c3ccc4c5ccccc5oc4c32)c(-c2ccccc2)c1-n1c2cccc3c4ccccc4c4ccnc1c4c32. The van der Waals surface area contributed by atoms with Gasteiger partial charge < -0.3 is 13.6 Å². The summed E-state index contributed by atoms with van der Waals surface area (Å²) >= 11 is 0. The van der Waals surface area contributed by atoms with Gasteiger partial charge >= 0.3 is 0 Å². The summed E-state index contributed by atoms with van der Waals surface area (Å²) in [5, 5.41) is 22.4. The highest BCUT2D eigenvalue weighted by Gasteiger charge is 2.33. The Morgan fingerprint density at radius 1 is 0.508 bits per heavy atom. The lowest BCUT2D eigenvalue weighted by atomic mass is 9.88. The van der Waals surface area contributed by atoms with Gasteiger partial charge in [-0.15, -0.1) is 0 Å². The molecule has 280 valence electrons. The molecule has 0 radical (unpaired) electrons. The maximum atomic E-state index is 11.8. The van der Waals surface area contributed by atoms with E-state index in [1.54, 1.807) is 0 Å². The van der Waals surface area contributed by atoms with Crippen LogP contribution in [0.25, 0.3) is 126 Å². The van der Waals surface area contributed by atoms with Gasteiger partial charge in [0.05, 0.1) is 40.1 Å². The third-order valence-electron chi connectivity index (χ3n) is 12.6. The summed E-state index contributed by atoms with van der Waals surface area (Å²) in [5.74, 6) is 0. The molecule has 6 nitrogen and oxygen atoms in total. The second-order valence-electron chi connectivity index (χ2n) is 15.6. The largest absolute Gasteiger partial charge is 0.454 e. The lowest BCUT2D eigenvalue weighted by molar-refractivity contribution is 0.671. The zero-order valence-corrected chi connectivity index (χ0v) is 32.4. The van der Waals surface area contributed by atoms with E-state index in [0.717, 1.165) is 104 Å². The average Bonchev–Trinajstić information content (AvgIpc) is 3.99. The predicted octanol–water partition coefficient (Wildman–Crippen LogP) is 14.7. The van der Waals surface area contributed by atoms with Gasteiger partial charge in [-0.2, -0.15) is 5.26 Å². The van der Waals surface area contributed by atoms with Crippen molar-refractivity contribution >= 4 is 92.9 Å². The van der Waals surface area contributed by atoms with Gasteiger partial charge in [-0.3, -0.25) is 0 Å². The molecule has 4 heterocycles. The molecule has 0 saturated heterocycles. The lowest BCUT2D eigenvalue weighted by Crippen LogP contribution is -2.09. The fraction of sp³-hybridized carbons (Fsp3) is 0. The van der Waals surface area contributed by atoms with Crippen molar-refractivity contribution in [1.82, 2.24) is 14.1 Å². The van der Waals surface area contributed by atoms with Gasteiger partial charge in [0.25, 0.3) is 0 Å². The van der Waals surface area contributed by atoms with Gasteiger partial charge in [0.1, 0.15) is 17.3 Å². The minimum Gasteiger partial charge on any atom is -0.454 e. The van der Waals surface area contributed by atoms with Crippen LogP contribution in [0.3, 0.4) is 0 Å². The Bertz CT molecular complexity index is 3980. The first-order valence-corrected chi connectivity index (χ1v) is 20.2. The molecule has 0 unspecified atom stereocenters. The molecule has 6 heteroatoms. The van der Waals surface area contributed by atoms with Crippen LogP contribution in [0.15, 0.2) is 180 Å². The topological polar surface area (TPSA) is 64.0 Å². The van der Waals surface area contributed by atoms with Crippen LogP contribution in [0, 0.1) is 17.9 Å². The van der Waals surface area contributed by atoms with Crippen molar-refractivity contribution in [2.75, 3.05) is 0 Å². The van der Waals surface area contributed by atoms with Crippen LogP contribution < -0.4 is 0 Å². The van der Waals surface area contributed by atoms with E-state index in [-0.39, 0.29) is 0 Å². The second kappa shape index (κ2) is 12.4. The molecule has 0 spiro atoms. The van der Waals surface area contributed by atoms with Gasteiger partial charge in [0.15, 0.2) is 5.58 Å². The smallest absolute Gasteiger partial charge is 0.220 e. The van der Waals surface area contributed by atoms with Crippen LogP contribution in [-0.4, -0.2) is 14.1 Å². The summed E-state index contributed by atoms with van der Waals surface area (Å²) in [4.78, 5) is 9.65. The van der Waals surface area contributed by atoms with Crippen LogP contribution in [0.1, 0.15) is 5.56 Å². The predicted molar refractivity (Wildman–Crippen MR) is 248 cm³/mol. The zero-order chi connectivity index (χ0) is 40.3. The van der Waals surface area contributed by atoms with Crippen LogP contribution >= 0.6 is 0 Å². The Hall–Kier alpha value is -8.71. The van der Waals surface area contributed by atoms with E-state index in [9.17, 15) is 5.26 Å². The maximum absolute atomic E-state index is 11.8. The minimum atomic E-state index is 0.369. The summed E-state index contributed by atoms with van der Waals surface area (Å²) in [5.41, 5.74) is 9.96. The lowest BCUT2D eigenvalue weighted by Gasteiger charge is -2.25. The monoisotopic (exact) mass is 775 g/mol. The van der Waals surface area contributed by atoms with E-state index in [1.807, 2.05) is 79.0 Å². The minimum absolute atomic E-state index is 0.369. The third-order valence-corrected chi connectivity index (χ3v) is 12.6. The number of rotatable bonds is 4. The van der Waals surface area contributed by atoms with E-state index in [0.29, 0.717) is 28.2 Å². The number of nitrogens with zero attached hydrogens (tertiary/aromatic N) is 5.